The standard InChI is InChI=1S/C9H6BrFN2S/c1-5-2-6(4-7(11)3-5)8-12-9(10)14-13-8/h2-4H,1H3. The van der Waals surface area contributed by atoms with E-state index in [0.717, 1.165) is 5.56 Å². The number of hydrogen-bond acceptors (Lipinski definition) is 3. The molecule has 0 saturated carbocycles. The van der Waals surface area contributed by atoms with Gasteiger partial charge in [-0.25, -0.2) is 9.37 Å². The van der Waals surface area contributed by atoms with Gasteiger partial charge in [-0.05, 0) is 58.1 Å². The summed E-state index contributed by atoms with van der Waals surface area (Å²) in [4.78, 5) is 4.12. The normalized spacial score (nSPS) is 10.5. The maximum Gasteiger partial charge on any atom is 0.179 e. The highest BCUT2D eigenvalue weighted by atomic mass is 79.9. The smallest absolute Gasteiger partial charge is 0.179 e. The molecule has 2 aromatic rings. The van der Waals surface area contributed by atoms with Crippen LogP contribution in [0.15, 0.2) is 22.1 Å². The highest BCUT2D eigenvalue weighted by Crippen LogP contribution is 2.22. The minimum Gasteiger partial charge on any atom is -0.208 e. The fraction of sp³-hybridized carbons (Fsp3) is 0.111. The summed E-state index contributed by atoms with van der Waals surface area (Å²) < 4.78 is 17.8. The summed E-state index contributed by atoms with van der Waals surface area (Å²) in [6.45, 7) is 1.84. The van der Waals surface area contributed by atoms with Crippen molar-refractivity contribution in [2.45, 2.75) is 6.92 Å². The van der Waals surface area contributed by atoms with Gasteiger partial charge in [0.1, 0.15) is 5.82 Å². The Morgan fingerprint density at radius 2 is 2.14 bits per heavy atom. The first kappa shape index (κ1) is 9.73. The summed E-state index contributed by atoms with van der Waals surface area (Å²) >= 11 is 4.46. The molecule has 0 unspecified atom stereocenters. The highest BCUT2D eigenvalue weighted by molar-refractivity contribution is 9.11. The fourth-order valence-electron chi connectivity index (χ4n) is 1.19. The van der Waals surface area contributed by atoms with E-state index in [9.17, 15) is 4.39 Å². The van der Waals surface area contributed by atoms with Crippen LogP contribution in [0.3, 0.4) is 0 Å². The number of benzene rings is 1. The minimum atomic E-state index is -0.258. The summed E-state index contributed by atoms with van der Waals surface area (Å²) in [6.07, 6.45) is 0. The Kier molecular flexibility index (Phi) is 2.60. The number of aromatic nitrogens is 2. The second kappa shape index (κ2) is 3.74. The maximum absolute atomic E-state index is 13.1. The Hall–Kier alpha value is -0.810. The topological polar surface area (TPSA) is 25.8 Å². The molecule has 0 saturated heterocycles. The van der Waals surface area contributed by atoms with Gasteiger partial charge in [0.15, 0.2) is 9.74 Å². The molecule has 1 aromatic carbocycles. The van der Waals surface area contributed by atoms with Crippen LogP contribution in [0.25, 0.3) is 11.4 Å². The minimum absolute atomic E-state index is 0.258. The van der Waals surface area contributed by atoms with Crippen molar-refractivity contribution in [2.75, 3.05) is 0 Å². The van der Waals surface area contributed by atoms with Crippen LogP contribution in [0, 0.1) is 12.7 Å². The largest absolute Gasteiger partial charge is 0.208 e. The van der Waals surface area contributed by atoms with E-state index < -0.39 is 0 Å². The second-order valence-corrected chi connectivity index (χ2v) is 4.92. The predicted molar refractivity (Wildman–Crippen MR) is 57.7 cm³/mol. The zero-order valence-electron chi connectivity index (χ0n) is 7.29. The summed E-state index contributed by atoms with van der Waals surface area (Å²) in [5, 5.41) is 0. The van der Waals surface area contributed by atoms with Crippen molar-refractivity contribution in [3.05, 3.63) is 33.5 Å². The van der Waals surface area contributed by atoms with Crippen molar-refractivity contribution in [1.82, 2.24) is 9.36 Å². The summed E-state index contributed by atoms with van der Waals surface area (Å²) in [5.74, 6) is 0.301. The van der Waals surface area contributed by atoms with Gasteiger partial charge in [-0.3, -0.25) is 0 Å². The molecule has 0 aliphatic heterocycles. The van der Waals surface area contributed by atoms with Crippen molar-refractivity contribution in [1.29, 1.82) is 0 Å². The van der Waals surface area contributed by atoms with E-state index in [1.165, 1.54) is 23.7 Å². The molecule has 5 heteroatoms. The molecule has 0 aliphatic rings. The Morgan fingerprint density at radius 1 is 1.36 bits per heavy atom. The molecule has 0 spiro atoms. The lowest BCUT2D eigenvalue weighted by Gasteiger charge is -1.97. The first-order valence-electron chi connectivity index (χ1n) is 3.92. The zero-order valence-corrected chi connectivity index (χ0v) is 9.69. The lowest BCUT2D eigenvalue weighted by atomic mass is 10.1. The number of halogens is 2. The SMILES string of the molecule is Cc1cc(F)cc(-c2nsc(Br)n2)c1. The zero-order chi connectivity index (χ0) is 10.1. The van der Waals surface area contributed by atoms with Crippen LogP contribution < -0.4 is 0 Å². The van der Waals surface area contributed by atoms with Gasteiger partial charge in [0.2, 0.25) is 0 Å². The molecule has 72 valence electrons. The van der Waals surface area contributed by atoms with Gasteiger partial charge in [0, 0.05) is 5.56 Å². The van der Waals surface area contributed by atoms with Crippen molar-refractivity contribution in [3.8, 4) is 11.4 Å². The van der Waals surface area contributed by atoms with Gasteiger partial charge in [-0.2, -0.15) is 4.37 Å². The average Bonchev–Trinajstić information content (AvgIpc) is 2.50. The number of rotatable bonds is 1. The van der Waals surface area contributed by atoms with E-state index >= 15 is 0 Å². The summed E-state index contributed by atoms with van der Waals surface area (Å²) in [7, 11) is 0. The average molecular weight is 273 g/mol. The summed E-state index contributed by atoms with van der Waals surface area (Å²) in [6, 6.07) is 4.77. The molecular weight excluding hydrogens is 267 g/mol. The first-order valence-corrected chi connectivity index (χ1v) is 5.48. The number of nitrogens with zero attached hydrogens (tertiary/aromatic N) is 2. The van der Waals surface area contributed by atoms with E-state index in [1.54, 1.807) is 0 Å². The van der Waals surface area contributed by atoms with Crippen LogP contribution in [0.5, 0.6) is 0 Å². The van der Waals surface area contributed by atoms with Gasteiger partial charge in [0.05, 0.1) is 0 Å². The van der Waals surface area contributed by atoms with Crippen LogP contribution in [-0.2, 0) is 0 Å². The van der Waals surface area contributed by atoms with Crippen LogP contribution in [-0.4, -0.2) is 9.36 Å². The quantitative estimate of drug-likeness (QED) is 0.795. The molecule has 0 amide bonds. The molecule has 2 rings (SSSR count). The Morgan fingerprint density at radius 3 is 2.71 bits per heavy atom. The molecule has 0 atom stereocenters. The Labute approximate surface area is 93.1 Å². The van der Waals surface area contributed by atoms with E-state index in [1.807, 2.05) is 13.0 Å². The van der Waals surface area contributed by atoms with Crippen molar-refractivity contribution in [3.63, 3.8) is 0 Å². The molecular formula is C9H6BrFN2S. The van der Waals surface area contributed by atoms with E-state index in [4.69, 9.17) is 0 Å². The molecule has 0 aliphatic carbocycles. The third kappa shape index (κ3) is 1.99. The third-order valence-corrected chi connectivity index (χ3v) is 2.82. The van der Waals surface area contributed by atoms with Crippen LogP contribution in [0.2, 0.25) is 0 Å². The van der Waals surface area contributed by atoms with Crippen LogP contribution in [0.1, 0.15) is 5.56 Å². The predicted octanol–water partition coefficient (Wildman–Crippen LogP) is 3.42. The Bertz CT molecular complexity index is 449. The molecule has 1 aromatic heterocycles. The maximum atomic E-state index is 13.1. The lowest BCUT2D eigenvalue weighted by Crippen LogP contribution is -1.84. The van der Waals surface area contributed by atoms with Crippen molar-refractivity contribution in [2.24, 2.45) is 0 Å². The molecule has 1 heterocycles. The molecule has 0 radical (unpaired) electrons. The first-order chi connectivity index (χ1) is 6.65. The van der Waals surface area contributed by atoms with Crippen molar-refractivity contribution < 1.29 is 4.39 Å². The van der Waals surface area contributed by atoms with Crippen molar-refractivity contribution >= 4 is 27.5 Å². The van der Waals surface area contributed by atoms with Gasteiger partial charge in [-0.15, -0.1) is 0 Å². The van der Waals surface area contributed by atoms with E-state index in [-0.39, 0.29) is 5.82 Å². The molecule has 14 heavy (non-hydrogen) atoms. The fourth-order valence-corrected chi connectivity index (χ4v) is 2.01. The van der Waals surface area contributed by atoms with Crippen LogP contribution in [0.4, 0.5) is 4.39 Å². The highest BCUT2D eigenvalue weighted by Gasteiger charge is 2.06. The summed E-state index contributed by atoms with van der Waals surface area (Å²) in [5.41, 5.74) is 1.58. The molecule has 2 nitrogen and oxygen atoms in total. The Balaban J connectivity index is 2.51. The van der Waals surface area contributed by atoms with Gasteiger partial charge < -0.3 is 0 Å². The second-order valence-electron chi connectivity index (χ2n) is 2.89. The van der Waals surface area contributed by atoms with Gasteiger partial charge in [0.25, 0.3) is 0 Å². The van der Waals surface area contributed by atoms with Crippen LogP contribution >= 0.6 is 27.5 Å². The third-order valence-electron chi connectivity index (χ3n) is 1.70. The van der Waals surface area contributed by atoms with Gasteiger partial charge >= 0.3 is 0 Å². The number of hydrogen-bond donors (Lipinski definition) is 0. The lowest BCUT2D eigenvalue weighted by molar-refractivity contribution is 0.627. The molecule has 0 fully saturated rings. The monoisotopic (exact) mass is 272 g/mol. The molecule has 0 bridgehead atoms. The number of aryl methyl sites for hydroxylation is 1. The van der Waals surface area contributed by atoms with Gasteiger partial charge in [-0.1, -0.05) is 0 Å². The molecule has 0 N–H and O–H groups in total. The van der Waals surface area contributed by atoms with E-state index in [0.29, 0.717) is 15.3 Å². The van der Waals surface area contributed by atoms with E-state index in [2.05, 4.69) is 25.3 Å².